The second-order valence-corrected chi connectivity index (χ2v) is 5.42. The Kier molecular flexibility index (Phi) is 6.38. The molecule has 0 aliphatic rings. The van der Waals surface area contributed by atoms with Crippen LogP contribution in [0, 0.1) is 11.8 Å². The van der Waals surface area contributed by atoms with Crippen molar-refractivity contribution >= 4 is 23.5 Å². The number of nitrogens with one attached hydrogen (secondary N) is 1. The van der Waals surface area contributed by atoms with Crippen LogP contribution in [0.3, 0.4) is 0 Å². The van der Waals surface area contributed by atoms with E-state index in [2.05, 4.69) is 15.3 Å². The van der Waals surface area contributed by atoms with Crippen LogP contribution >= 0.6 is 11.6 Å². The van der Waals surface area contributed by atoms with Gasteiger partial charge in [0.25, 0.3) is 5.91 Å². The molecule has 0 saturated carbocycles. The van der Waals surface area contributed by atoms with Crippen LogP contribution in [0.15, 0.2) is 12.4 Å². The van der Waals surface area contributed by atoms with E-state index in [4.69, 9.17) is 16.7 Å². The van der Waals surface area contributed by atoms with Gasteiger partial charge in [-0.25, -0.2) is 4.98 Å². The van der Waals surface area contributed by atoms with Crippen molar-refractivity contribution in [2.75, 3.05) is 6.54 Å². The summed E-state index contributed by atoms with van der Waals surface area (Å²) in [5.41, 5.74) is 0.121. The summed E-state index contributed by atoms with van der Waals surface area (Å²) in [6, 6.07) is 0. The van der Waals surface area contributed by atoms with Crippen LogP contribution in [0.5, 0.6) is 0 Å². The maximum Gasteiger partial charge on any atom is 0.303 e. The van der Waals surface area contributed by atoms with Crippen LogP contribution < -0.4 is 5.32 Å². The molecule has 0 fully saturated rings. The standard InChI is InChI=1S/C13H18ClN3O3/c1-8(2)3-9(4-12(18)19)5-16-13(20)10-6-15-7-11(14)17-10/h6-9H,3-5H2,1-2H3,(H,16,20)(H,18,19). The molecule has 0 bridgehead atoms. The maximum atomic E-state index is 11.9. The fourth-order valence-corrected chi connectivity index (χ4v) is 2.08. The molecule has 1 rings (SSSR count). The predicted octanol–water partition coefficient (Wildman–Crippen LogP) is 2.00. The van der Waals surface area contributed by atoms with Gasteiger partial charge in [0.15, 0.2) is 0 Å². The Morgan fingerprint density at radius 1 is 1.40 bits per heavy atom. The number of nitrogens with zero attached hydrogens (tertiary/aromatic N) is 2. The van der Waals surface area contributed by atoms with E-state index in [1.165, 1.54) is 12.4 Å². The predicted molar refractivity (Wildman–Crippen MR) is 74.6 cm³/mol. The highest BCUT2D eigenvalue weighted by molar-refractivity contribution is 6.29. The van der Waals surface area contributed by atoms with E-state index in [1.54, 1.807) is 0 Å². The molecule has 20 heavy (non-hydrogen) atoms. The average molecular weight is 300 g/mol. The molecule has 0 aromatic carbocycles. The summed E-state index contributed by atoms with van der Waals surface area (Å²) < 4.78 is 0. The zero-order valence-electron chi connectivity index (χ0n) is 11.5. The molecule has 0 radical (unpaired) electrons. The quantitative estimate of drug-likeness (QED) is 0.803. The molecule has 2 N–H and O–H groups in total. The Bertz CT molecular complexity index is 480. The zero-order chi connectivity index (χ0) is 15.1. The van der Waals surface area contributed by atoms with Gasteiger partial charge in [-0.15, -0.1) is 0 Å². The third-order valence-corrected chi connectivity index (χ3v) is 2.84. The number of carboxylic acids is 1. The lowest BCUT2D eigenvalue weighted by Crippen LogP contribution is -2.31. The van der Waals surface area contributed by atoms with Gasteiger partial charge >= 0.3 is 5.97 Å². The van der Waals surface area contributed by atoms with Crippen LogP contribution in [0.2, 0.25) is 5.15 Å². The Morgan fingerprint density at radius 2 is 2.10 bits per heavy atom. The molecule has 6 nitrogen and oxygen atoms in total. The van der Waals surface area contributed by atoms with Gasteiger partial charge in [-0.2, -0.15) is 0 Å². The summed E-state index contributed by atoms with van der Waals surface area (Å²) in [5, 5.41) is 11.7. The van der Waals surface area contributed by atoms with Crippen molar-refractivity contribution in [3.05, 3.63) is 23.2 Å². The van der Waals surface area contributed by atoms with Gasteiger partial charge in [0.1, 0.15) is 10.8 Å². The first-order valence-electron chi connectivity index (χ1n) is 6.36. The number of aromatic nitrogens is 2. The normalized spacial score (nSPS) is 12.2. The van der Waals surface area contributed by atoms with E-state index in [0.29, 0.717) is 5.92 Å². The lowest BCUT2D eigenvalue weighted by atomic mass is 9.94. The third kappa shape index (κ3) is 5.97. The zero-order valence-corrected chi connectivity index (χ0v) is 12.2. The summed E-state index contributed by atoms with van der Waals surface area (Å²) in [7, 11) is 0. The minimum absolute atomic E-state index is 0.0275. The summed E-state index contributed by atoms with van der Waals surface area (Å²) >= 11 is 5.66. The number of hydrogen-bond acceptors (Lipinski definition) is 4. The number of aliphatic carboxylic acids is 1. The van der Waals surface area contributed by atoms with Gasteiger partial charge in [-0.05, 0) is 18.3 Å². The summed E-state index contributed by atoms with van der Waals surface area (Å²) in [4.78, 5) is 30.3. The Morgan fingerprint density at radius 3 is 2.65 bits per heavy atom. The van der Waals surface area contributed by atoms with Gasteiger partial charge in [0.05, 0.1) is 12.4 Å². The van der Waals surface area contributed by atoms with Crippen molar-refractivity contribution in [3.8, 4) is 0 Å². The van der Waals surface area contributed by atoms with E-state index in [9.17, 15) is 9.59 Å². The van der Waals surface area contributed by atoms with Crippen LogP contribution in [-0.2, 0) is 4.79 Å². The van der Waals surface area contributed by atoms with Crippen molar-refractivity contribution in [3.63, 3.8) is 0 Å². The lowest BCUT2D eigenvalue weighted by molar-refractivity contribution is -0.138. The smallest absolute Gasteiger partial charge is 0.303 e. The molecule has 7 heteroatoms. The number of hydrogen-bond donors (Lipinski definition) is 2. The molecular weight excluding hydrogens is 282 g/mol. The molecule has 110 valence electrons. The second-order valence-electron chi connectivity index (χ2n) is 5.03. The van der Waals surface area contributed by atoms with Crippen LogP contribution in [0.1, 0.15) is 37.2 Å². The fourth-order valence-electron chi connectivity index (χ4n) is 1.93. The fraction of sp³-hybridized carbons (Fsp3) is 0.538. The Hall–Kier alpha value is -1.69. The number of carboxylic acid groups (broad SMARTS) is 1. The minimum Gasteiger partial charge on any atom is -0.481 e. The molecule has 0 aliphatic heterocycles. The van der Waals surface area contributed by atoms with Crippen molar-refractivity contribution in [2.24, 2.45) is 11.8 Å². The first-order valence-corrected chi connectivity index (χ1v) is 6.73. The lowest BCUT2D eigenvalue weighted by Gasteiger charge is -2.17. The maximum absolute atomic E-state index is 11.9. The van der Waals surface area contributed by atoms with E-state index in [1.807, 2.05) is 13.8 Å². The molecule has 0 spiro atoms. The molecule has 1 atom stereocenters. The minimum atomic E-state index is -0.868. The highest BCUT2D eigenvalue weighted by atomic mass is 35.5. The monoisotopic (exact) mass is 299 g/mol. The Balaban J connectivity index is 2.57. The molecule has 1 aromatic rings. The van der Waals surface area contributed by atoms with Gasteiger partial charge in [0, 0.05) is 13.0 Å². The molecule has 1 heterocycles. The van der Waals surface area contributed by atoms with Crippen molar-refractivity contribution in [2.45, 2.75) is 26.7 Å². The number of carbonyl (C=O) groups is 2. The van der Waals surface area contributed by atoms with Crippen LogP contribution in [0.4, 0.5) is 0 Å². The number of halogens is 1. The highest BCUT2D eigenvalue weighted by Gasteiger charge is 2.17. The van der Waals surface area contributed by atoms with E-state index < -0.39 is 11.9 Å². The molecule has 1 aromatic heterocycles. The van der Waals surface area contributed by atoms with Gasteiger partial charge < -0.3 is 10.4 Å². The first-order chi connectivity index (χ1) is 9.38. The van der Waals surface area contributed by atoms with E-state index >= 15 is 0 Å². The second kappa shape index (κ2) is 7.79. The summed E-state index contributed by atoms with van der Waals surface area (Å²) in [6.45, 7) is 4.32. The van der Waals surface area contributed by atoms with Crippen molar-refractivity contribution < 1.29 is 14.7 Å². The highest BCUT2D eigenvalue weighted by Crippen LogP contribution is 2.15. The van der Waals surface area contributed by atoms with Crippen molar-refractivity contribution in [1.82, 2.24) is 15.3 Å². The van der Waals surface area contributed by atoms with Crippen molar-refractivity contribution in [1.29, 1.82) is 0 Å². The number of carbonyl (C=O) groups excluding carboxylic acids is 1. The topological polar surface area (TPSA) is 92.2 Å². The molecule has 0 aliphatic carbocycles. The van der Waals surface area contributed by atoms with Gasteiger partial charge in [-0.3, -0.25) is 14.6 Å². The van der Waals surface area contributed by atoms with Gasteiger partial charge in [0.2, 0.25) is 0 Å². The van der Waals surface area contributed by atoms with Gasteiger partial charge in [-0.1, -0.05) is 25.4 Å². The SMILES string of the molecule is CC(C)CC(CNC(=O)c1cncc(Cl)n1)CC(=O)O. The third-order valence-electron chi connectivity index (χ3n) is 2.66. The summed E-state index contributed by atoms with van der Waals surface area (Å²) in [5.74, 6) is -1.02. The number of amides is 1. The average Bonchev–Trinajstić information content (AvgIpc) is 2.34. The van der Waals surface area contributed by atoms with E-state index in [-0.39, 0.29) is 29.7 Å². The van der Waals surface area contributed by atoms with Crippen LogP contribution in [0.25, 0.3) is 0 Å². The molecule has 1 amide bonds. The number of rotatable bonds is 7. The Labute approximate surface area is 122 Å². The largest absolute Gasteiger partial charge is 0.481 e. The first kappa shape index (κ1) is 16.4. The summed E-state index contributed by atoms with van der Waals surface area (Å²) in [6.07, 6.45) is 3.41. The molecule has 1 unspecified atom stereocenters. The van der Waals surface area contributed by atoms with Crippen LogP contribution in [-0.4, -0.2) is 33.5 Å². The molecular formula is C13H18ClN3O3. The molecule has 0 saturated heterocycles. The van der Waals surface area contributed by atoms with E-state index in [0.717, 1.165) is 6.42 Å².